The van der Waals surface area contributed by atoms with Gasteiger partial charge in [0, 0.05) is 0 Å². The molecule has 1 aromatic heterocycles. The monoisotopic (exact) mass is 338 g/mol. The highest BCUT2D eigenvalue weighted by Crippen LogP contribution is 2.27. The molecule has 84 valence electrons. The van der Waals surface area contributed by atoms with E-state index in [1.54, 1.807) is 18.5 Å². The van der Waals surface area contributed by atoms with Crippen molar-refractivity contribution >= 4 is 37.8 Å². The van der Waals surface area contributed by atoms with E-state index in [4.69, 9.17) is 4.74 Å². The number of halogens is 2. The number of esters is 1. The fourth-order valence-corrected chi connectivity index (χ4v) is 1.92. The minimum Gasteiger partial charge on any atom is -0.464 e. The molecule has 1 atom stereocenters. The zero-order valence-corrected chi connectivity index (χ0v) is 11.9. The highest BCUT2D eigenvalue weighted by Gasteiger charge is 2.21. The lowest BCUT2D eigenvalue weighted by atomic mass is 10.3. The topological polar surface area (TPSA) is 44.1 Å². The SMILES string of the molecule is CCOC(=O)C(C)n1nc(Br)c(Br)c1C. The van der Waals surface area contributed by atoms with E-state index in [1.807, 2.05) is 6.92 Å². The van der Waals surface area contributed by atoms with Gasteiger partial charge in [0.15, 0.2) is 0 Å². The van der Waals surface area contributed by atoms with Crippen LogP contribution in [-0.2, 0) is 9.53 Å². The molecule has 0 bridgehead atoms. The van der Waals surface area contributed by atoms with E-state index >= 15 is 0 Å². The maximum Gasteiger partial charge on any atom is 0.330 e. The van der Waals surface area contributed by atoms with Gasteiger partial charge in [-0.3, -0.25) is 4.68 Å². The first-order valence-corrected chi connectivity index (χ1v) is 6.14. The maximum absolute atomic E-state index is 11.5. The van der Waals surface area contributed by atoms with Crippen LogP contribution in [0.5, 0.6) is 0 Å². The molecular weight excluding hydrogens is 328 g/mol. The average molecular weight is 340 g/mol. The van der Waals surface area contributed by atoms with Crippen LogP contribution in [0.4, 0.5) is 0 Å². The summed E-state index contributed by atoms with van der Waals surface area (Å²) >= 11 is 6.67. The van der Waals surface area contributed by atoms with E-state index in [-0.39, 0.29) is 5.97 Å². The van der Waals surface area contributed by atoms with Gasteiger partial charge in [0.25, 0.3) is 0 Å². The molecule has 0 amide bonds. The fraction of sp³-hybridized carbons (Fsp3) is 0.556. The number of aromatic nitrogens is 2. The molecule has 1 heterocycles. The number of carbonyl (C=O) groups excluding carboxylic acids is 1. The number of hydrogen-bond donors (Lipinski definition) is 0. The van der Waals surface area contributed by atoms with E-state index in [0.29, 0.717) is 11.2 Å². The number of nitrogens with zero attached hydrogens (tertiary/aromatic N) is 2. The third-order valence-corrected chi connectivity index (χ3v) is 4.07. The molecule has 15 heavy (non-hydrogen) atoms. The Labute approximate surface area is 105 Å². The van der Waals surface area contributed by atoms with Gasteiger partial charge in [-0.25, -0.2) is 4.79 Å². The van der Waals surface area contributed by atoms with Gasteiger partial charge in [0.05, 0.1) is 16.8 Å². The zero-order valence-electron chi connectivity index (χ0n) is 8.75. The van der Waals surface area contributed by atoms with Crippen molar-refractivity contribution in [2.24, 2.45) is 0 Å². The Morgan fingerprint density at radius 1 is 1.60 bits per heavy atom. The third kappa shape index (κ3) is 2.60. The number of carbonyl (C=O) groups is 1. The highest BCUT2D eigenvalue weighted by atomic mass is 79.9. The lowest BCUT2D eigenvalue weighted by Gasteiger charge is -2.12. The van der Waals surface area contributed by atoms with E-state index < -0.39 is 6.04 Å². The van der Waals surface area contributed by atoms with Crippen LogP contribution in [0, 0.1) is 6.92 Å². The van der Waals surface area contributed by atoms with Crippen molar-refractivity contribution in [2.75, 3.05) is 6.61 Å². The maximum atomic E-state index is 11.5. The smallest absolute Gasteiger partial charge is 0.330 e. The van der Waals surface area contributed by atoms with Gasteiger partial charge in [0.1, 0.15) is 10.6 Å². The molecule has 0 radical (unpaired) electrons. The van der Waals surface area contributed by atoms with Crippen LogP contribution in [0.1, 0.15) is 25.6 Å². The van der Waals surface area contributed by atoms with Crippen LogP contribution in [0.25, 0.3) is 0 Å². The Kier molecular flexibility index (Phi) is 4.33. The second-order valence-electron chi connectivity index (χ2n) is 3.06. The Morgan fingerprint density at radius 2 is 2.20 bits per heavy atom. The molecule has 1 rings (SSSR count). The van der Waals surface area contributed by atoms with Gasteiger partial charge in [-0.2, -0.15) is 5.10 Å². The molecule has 0 fully saturated rings. The summed E-state index contributed by atoms with van der Waals surface area (Å²) in [6.07, 6.45) is 0. The normalized spacial score (nSPS) is 12.6. The molecule has 0 aliphatic heterocycles. The van der Waals surface area contributed by atoms with Crippen LogP contribution in [0.2, 0.25) is 0 Å². The minimum absolute atomic E-state index is 0.275. The summed E-state index contributed by atoms with van der Waals surface area (Å²) in [4.78, 5) is 11.5. The second kappa shape index (κ2) is 5.12. The highest BCUT2D eigenvalue weighted by molar-refractivity contribution is 9.13. The molecule has 1 unspecified atom stereocenters. The third-order valence-electron chi connectivity index (χ3n) is 2.03. The van der Waals surface area contributed by atoms with E-state index in [2.05, 4.69) is 37.0 Å². The summed E-state index contributed by atoms with van der Waals surface area (Å²) in [5, 5.41) is 4.20. The van der Waals surface area contributed by atoms with Crippen molar-refractivity contribution in [3.63, 3.8) is 0 Å². The Bertz CT molecular complexity index is 376. The molecule has 4 nitrogen and oxygen atoms in total. The van der Waals surface area contributed by atoms with Crippen molar-refractivity contribution in [2.45, 2.75) is 26.8 Å². The number of hydrogen-bond acceptors (Lipinski definition) is 3. The summed E-state index contributed by atoms with van der Waals surface area (Å²) in [6, 6.07) is -0.410. The number of rotatable bonds is 3. The molecule has 6 heteroatoms. The minimum atomic E-state index is -0.410. The molecular formula is C9H12Br2N2O2. The fourth-order valence-electron chi connectivity index (χ4n) is 1.20. The Balaban J connectivity index is 2.96. The molecule has 0 aliphatic rings. The van der Waals surface area contributed by atoms with Gasteiger partial charge >= 0.3 is 5.97 Å². The van der Waals surface area contributed by atoms with Crippen LogP contribution in [0.15, 0.2) is 9.08 Å². The van der Waals surface area contributed by atoms with Crippen molar-refractivity contribution < 1.29 is 9.53 Å². The van der Waals surface area contributed by atoms with Crippen LogP contribution < -0.4 is 0 Å². The first-order chi connectivity index (χ1) is 6.99. The van der Waals surface area contributed by atoms with E-state index in [0.717, 1.165) is 10.2 Å². The van der Waals surface area contributed by atoms with Gasteiger partial charge in [-0.05, 0) is 52.6 Å². The van der Waals surface area contributed by atoms with Gasteiger partial charge in [-0.1, -0.05) is 0 Å². The quantitative estimate of drug-likeness (QED) is 0.795. The van der Waals surface area contributed by atoms with E-state index in [9.17, 15) is 4.79 Å². The molecule has 0 saturated carbocycles. The Morgan fingerprint density at radius 3 is 2.60 bits per heavy atom. The predicted molar refractivity (Wildman–Crippen MR) is 63.7 cm³/mol. The van der Waals surface area contributed by atoms with Crippen LogP contribution in [0.3, 0.4) is 0 Å². The molecule has 0 saturated heterocycles. The predicted octanol–water partition coefficient (Wildman–Crippen LogP) is 2.84. The average Bonchev–Trinajstić information content (AvgIpc) is 2.45. The lowest BCUT2D eigenvalue weighted by molar-refractivity contribution is -0.146. The second-order valence-corrected chi connectivity index (χ2v) is 4.61. The van der Waals surface area contributed by atoms with Gasteiger partial charge in [-0.15, -0.1) is 0 Å². The summed E-state index contributed by atoms with van der Waals surface area (Å²) in [5.41, 5.74) is 0.891. The van der Waals surface area contributed by atoms with Crippen LogP contribution >= 0.6 is 31.9 Å². The number of ether oxygens (including phenoxy) is 1. The summed E-state index contributed by atoms with van der Waals surface area (Å²) in [7, 11) is 0. The first kappa shape index (κ1) is 12.7. The van der Waals surface area contributed by atoms with Crippen LogP contribution in [-0.4, -0.2) is 22.4 Å². The van der Waals surface area contributed by atoms with Crippen molar-refractivity contribution in [3.05, 3.63) is 14.8 Å². The van der Waals surface area contributed by atoms with E-state index in [1.165, 1.54) is 0 Å². The zero-order chi connectivity index (χ0) is 11.6. The molecule has 0 spiro atoms. The van der Waals surface area contributed by atoms with Crippen molar-refractivity contribution in [1.82, 2.24) is 9.78 Å². The molecule has 0 aliphatic carbocycles. The largest absolute Gasteiger partial charge is 0.464 e. The Hall–Kier alpha value is -0.360. The van der Waals surface area contributed by atoms with Gasteiger partial charge < -0.3 is 4.74 Å². The first-order valence-electron chi connectivity index (χ1n) is 4.55. The molecule has 0 aromatic carbocycles. The standard InChI is InChI=1S/C9H12Br2N2O2/c1-4-15-9(14)6(3)13-5(2)7(10)8(11)12-13/h6H,4H2,1-3H3. The lowest BCUT2D eigenvalue weighted by Crippen LogP contribution is -2.21. The van der Waals surface area contributed by atoms with Crippen molar-refractivity contribution in [3.8, 4) is 0 Å². The summed E-state index contributed by atoms with van der Waals surface area (Å²) in [6.45, 7) is 5.81. The summed E-state index contributed by atoms with van der Waals surface area (Å²) in [5.74, 6) is -0.275. The molecule has 0 N–H and O–H groups in total. The van der Waals surface area contributed by atoms with Crippen molar-refractivity contribution in [1.29, 1.82) is 0 Å². The van der Waals surface area contributed by atoms with Gasteiger partial charge in [0.2, 0.25) is 0 Å². The molecule has 1 aromatic rings. The summed E-state index contributed by atoms with van der Waals surface area (Å²) < 4.78 is 8.11.